The van der Waals surface area contributed by atoms with E-state index in [-0.39, 0.29) is 0 Å². The molecule has 3 heteroatoms. The fraction of sp³-hybridized carbons (Fsp3) is 0.500. The van der Waals surface area contributed by atoms with Crippen LogP contribution in [0.2, 0.25) is 0 Å². The summed E-state index contributed by atoms with van der Waals surface area (Å²) in [7, 11) is 0. The standard InChI is InChI=1S/C16H23NO2/c1-3-6-14(17-9-4-2)13-7-8-15-16(12-13)19-11-5-10-18-15/h3,7-8,12,14,17H,1,4-6,9-11H2,2H3. The van der Waals surface area contributed by atoms with E-state index in [9.17, 15) is 0 Å². The lowest BCUT2D eigenvalue weighted by Gasteiger charge is -2.19. The van der Waals surface area contributed by atoms with Gasteiger partial charge in [0.05, 0.1) is 13.2 Å². The maximum Gasteiger partial charge on any atom is 0.161 e. The van der Waals surface area contributed by atoms with Crippen LogP contribution in [0.15, 0.2) is 30.9 Å². The normalized spacial score (nSPS) is 15.6. The molecule has 0 saturated carbocycles. The summed E-state index contributed by atoms with van der Waals surface area (Å²) in [5.74, 6) is 1.72. The smallest absolute Gasteiger partial charge is 0.161 e. The lowest BCUT2D eigenvalue weighted by Crippen LogP contribution is -2.21. The predicted octanol–water partition coefficient (Wildman–Crippen LogP) is 3.46. The van der Waals surface area contributed by atoms with Crippen molar-refractivity contribution in [2.45, 2.75) is 32.2 Å². The Hall–Kier alpha value is -1.48. The van der Waals surface area contributed by atoms with Crippen LogP contribution in [-0.2, 0) is 0 Å². The number of benzene rings is 1. The maximum atomic E-state index is 5.74. The van der Waals surface area contributed by atoms with E-state index in [1.165, 1.54) is 5.56 Å². The molecule has 0 radical (unpaired) electrons. The van der Waals surface area contributed by atoms with Gasteiger partial charge in [-0.15, -0.1) is 6.58 Å². The van der Waals surface area contributed by atoms with Gasteiger partial charge in [-0.25, -0.2) is 0 Å². The molecule has 3 nitrogen and oxygen atoms in total. The van der Waals surface area contributed by atoms with Crippen molar-refractivity contribution in [2.75, 3.05) is 19.8 Å². The molecule has 1 aliphatic heterocycles. The van der Waals surface area contributed by atoms with Gasteiger partial charge in [-0.3, -0.25) is 0 Å². The number of ether oxygens (including phenoxy) is 2. The van der Waals surface area contributed by atoms with Crippen LogP contribution < -0.4 is 14.8 Å². The molecule has 0 aliphatic carbocycles. The molecular formula is C16H23NO2. The van der Waals surface area contributed by atoms with Crippen LogP contribution in [0.3, 0.4) is 0 Å². The highest BCUT2D eigenvalue weighted by atomic mass is 16.5. The molecule has 1 unspecified atom stereocenters. The van der Waals surface area contributed by atoms with Gasteiger partial charge < -0.3 is 14.8 Å². The zero-order valence-corrected chi connectivity index (χ0v) is 11.7. The molecule has 0 saturated heterocycles. The molecule has 1 atom stereocenters. The number of rotatable bonds is 6. The third-order valence-electron chi connectivity index (χ3n) is 3.22. The van der Waals surface area contributed by atoms with Crippen molar-refractivity contribution in [1.29, 1.82) is 0 Å². The molecule has 0 bridgehead atoms. The van der Waals surface area contributed by atoms with Crippen molar-refractivity contribution in [3.05, 3.63) is 36.4 Å². The van der Waals surface area contributed by atoms with Crippen molar-refractivity contribution in [3.8, 4) is 11.5 Å². The third-order valence-corrected chi connectivity index (χ3v) is 3.22. The first-order valence-corrected chi connectivity index (χ1v) is 7.09. The van der Waals surface area contributed by atoms with Gasteiger partial charge in [0.1, 0.15) is 0 Å². The topological polar surface area (TPSA) is 30.5 Å². The van der Waals surface area contributed by atoms with E-state index in [1.54, 1.807) is 0 Å². The number of hydrogen-bond acceptors (Lipinski definition) is 3. The highest BCUT2D eigenvalue weighted by Crippen LogP contribution is 2.33. The van der Waals surface area contributed by atoms with Crippen LogP contribution in [0.5, 0.6) is 11.5 Å². The SMILES string of the molecule is C=CCC(NCCC)c1ccc2c(c1)OCCCO2. The van der Waals surface area contributed by atoms with E-state index in [0.717, 1.165) is 50.5 Å². The van der Waals surface area contributed by atoms with E-state index in [2.05, 4.69) is 31.0 Å². The monoisotopic (exact) mass is 261 g/mol. The lowest BCUT2D eigenvalue weighted by molar-refractivity contribution is 0.297. The van der Waals surface area contributed by atoms with Crippen molar-refractivity contribution in [1.82, 2.24) is 5.32 Å². The van der Waals surface area contributed by atoms with Crippen LogP contribution in [0, 0.1) is 0 Å². The van der Waals surface area contributed by atoms with E-state index in [0.29, 0.717) is 6.04 Å². The van der Waals surface area contributed by atoms with Crippen LogP contribution in [-0.4, -0.2) is 19.8 Å². The van der Waals surface area contributed by atoms with Gasteiger partial charge >= 0.3 is 0 Å². The molecule has 1 heterocycles. The average Bonchev–Trinajstić information content (AvgIpc) is 2.67. The zero-order valence-electron chi connectivity index (χ0n) is 11.7. The largest absolute Gasteiger partial charge is 0.490 e. The second-order valence-corrected chi connectivity index (χ2v) is 4.79. The summed E-state index contributed by atoms with van der Waals surface area (Å²) < 4.78 is 11.4. The Kier molecular flexibility index (Phi) is 5.28. The average molecular weight is 261 g/mol. The first-order valence-electron chi connectivity index (χ1n) is 7.09. The molecule has 1 aliphatic rings. The Morgan fingerprint density at radius 2 is 2.11 bits per heavy atom. The minimum absolute atomic E-state index is 0.301. The van der Waals surface area contributed by atoms with E-state index < -0.39 is 0 Å². The number of fused-ring (bicyclic) bond motifs is 1. The van der Waals surface area contributed by atoms with Gasteiger partial charge in [0.25, 0.3) is 0 Å². The van der Waals surface area contributed by atoms with Crippen molar-refractivity contribution in [2.24, 2.45) is 0 Å². The molecular weight excluding hydrogens is 238 g/mol. The molecule has 1 aromatic carbocycles. The minimum Gasteiger partial charge on any atom is -0.490 e. The summed E-state index contributed by atoms with van der Waals surface area (Å²) in [6, 6.07) is 6.52. The van der Waals surface area contributed by atoms with Crippen LogP contribution in [0.4, 0.5) is 0 Å². The van der Waals surface area contributed by atoms with Gasteiger partial charge in [-0.2, -0.15) is 0 Å². The van der Waals surface area contributed by atoms with E-state index in [1.807, 2.05) is 12.1 Å². The second kappa shape index (κ2) is 7.19. The van der Waals surface area contributed by atoms with Crippen molar-refractivity contribution >= 4 is 0 Å². The summed E-state index contributed by atoms with van der Waals surface area (Å²) in [6.45, 7) is 8.48. The van der Waals surface area contributed by atoms with Gasteiger partial charge in [-0.1, -0.05) is 19.1 Å². The Bertz CT molecular complexity index is 417. The summed E-state index contributed by atoms with van der Waals surface area (Å²) in [5, 5.41) is 3.54. The number of nitrogens with one attached hydrogen (secondary N) is 1. The first-order chi connectivity index (χ1) is 9.35. The third kappa shape index (κ3) is 3.74. The lowest BCUT2D eigenvalue weighted by atomic mass is 10.0. The second-order valence-electron chi connectivity index (χ2n) is 4.79. The van der Waals surface area contributed by atoms with E-state index in [4.69, 9.17) is 9.47 Å². The Morgan fingerprint density at radius 1 is 1.32 bits per heavy atom. The molecule has 0 spiro atoms. The summed E-state index contributed by atoms with van der Waals surface area (Å²) in [4.78, 5) is 0. The highest BCUT2D eigenvalue weighted by molar-refractivity contribution is 5.44. The fourth-order valence-corrected chi connectivity index (χ4v) is 2.22. The van der Waals surface area contributed by atoms with Gasteiger partial charge in [-0.05, 0) is 37.1 Å². The van der Waals surface area contributed by atoms with Crippen molar-refractivity contribution < 1.29 is 9.47 Å². The maximum absolute atomic E-state index is 5.74. The Morgan fingerprint density at radius 3 is 2.84 bits per heavy atom. The Labute approximate surface area is 115 Å². The van der Waals surface area contributed by atoms with Crippen LogP contribution in [0.1, 0.15) is 37.8 Å². The first kappa shape index (κ1) is 13.9. The molecule has 1 N–H and O–H groups in total. The van der Waals surface area contributed by atoms with Crippen LogP contribution in [0.25, 0.3) is 0 Å². The quantitative estimate of drug-likeness (QED) is 0.795. The minimum atomic E-state index is 0.301. The predicted molar refractivity (Wildman–Crippen MR) is 77.9 cm³/mol. The molecule has 104 valence electrons. The zero-order chi connectivity index (χ0) is 13.5. The van der Waals surface area contributed by atoms with Gasteiger partial charge in [0, 0.05) is 12.5 Å². The Balaban J connectivity index is 2.17. The van der Waals surface area contributed by atoms with Gasteiger partial charge in [0.2, 0.25) is 0 Å². The summed E-state index contributed by atoms with van der Waals surface area (Å²) in [5.41, 5.74) is 1.23. The molecule has 0 fully saturated rings. The molecule has 0 aromatic heterocycles. The fourth-order valence-electron chi connectivity index (χ4n) is 2.22. The molecule has 2 rings (SSSR count). The molecule has 1 aromatic rings. The van der Waals surface area contributed by atoms with Gasteiger partial charge in [0.15, 0.2) is 11.5 Å². The van der Waals surface area contributed by atoms with Crippen LogP contribution >= 0.6 is 0 Å². The molecule has 0 amide bonds. The summed E-state index contributed by atoms with van der Waals surface area (Å²) in [6.07, 6.45) is 4.93. The highest BCUT2D eigenvalue weighted by Gasteiger charge is 2.15. The van der Waals surface area contributed by atoms with E-state index >= 15 is 0 Å². The summed E-state index contributed by atoms with van der Waals surface area (Å²) >= 11 is 0. The molecule has 19 heavy (non-hydrogen) atoms. The number of hydrogen-bond donors (Lipinski definition) is 1. The van der Waals surface area contributed by atoms with Crippen molar-refractivity contribution in [3.63, 3.8) is 0 Å².